The van der Waals surface area contributed by atoms with Crippen molar-refractivity contribution in [2.24, 2.45) is 0 Å². The number of rotatable bonds is 3. The number of esters is 1. The molecule has 0 N–H and O–H groups in total. The quantitative estimate of drug-likeness (QED) is 0.769. The fraction of sp³-hybridized carbons (Fsp3) is 0.533. The minimum atomic E-state index is -0.270. The number of carbonyl (C=O) groups is 1. The van der Waals surface area contributed by atoms with Crippen LogP contribution >= 0.6 is 0 Å². The first-order chi connectivity index (χ1) is 8.70. The molecule has 0 aromatic heterocycles. The Morgan fingerprint density at radius 3 is 2.67 bits per heavy atom. The van der Waals surface area contributed by atoms with Crippen LogP contribution in [0.3, 0.4) is 0 Å². The van der Waals surface area contributed by atoms with Gasteiger partial charge in [0.2, 0.25) is 0 Å². The zero-order valence-electron chi connectivity index (χ0n) is 11.2. The third-order valence-electron chi connectivity index (χ3n) is 3.70. The van der Waals surface area contributed by atoms with Crippen LogP contribution in [0.1, 0.15) is 42.1 Å². The van der Waals surface area contributed by atoms with Gasteiger partial charge in [0.15, 0.2) is 0 Å². The number of hydrogen-bond donors (Lipinski definition) is 0. The van der Waals surface area contributed by atoms with E-state index < -0.39 is 0 Å². The Balaban J connectivity index is 1.99. The van der Waals surface area contributed by atoms with Crippen molar-refractivity contribution in [1.29, 1.82) is 0 Å². The first kappa shape index (κ1) is 13.1. The Hall–Kier alpha value is -1.35. The van der Waals surface area contributed by atoms with Gasteiger partial charge in [0.05, 0.1) is 12.7 Å². The third-order valence-corrected chi connectivity index (χ3v) is 3.70. The lowest BCUT2D eigenvalue weighted by atomic mass is 10.0. The second-order valence-corrected chi connectivity index (χ2v) is 5.00. The number of benzene rings is 1. The largest absolute Gasteiger partial charge is 0.465 e. The lowest BCUT2D eigenvalue weighted by Gasteiger charge is -2.33. The molecule has 0 spiro atoms. The maximum Gasteiger partial charge on any atom is 0.337 e. The summed E-state index contributed by atoms with van der Waals surface area (Å²) in [5.74, 6) is -0.270. The van der Waals surface area contributed by atoms with E-state index in [-0.39, 0.29) is 5.97 Å². The number of ether oxygens (including phenoxy) is 1. The molecule has 1 atom stereocenters. The van der Waals surface area contributed by atoms with Crippen molar-refractivity contribution in [3.8, 4) is 0 Å². The molecule has 18 heavy (non-hydrogen) atoms. The van der Waals surface area contributed by atoms with Gasteiger partial charge in [-0.2, -0.15) is 0 Å². The number of nitrogens with zero attached hydrogens (tertiary/aromatic N) is 1. The highest BCUT2D eigenvalue weighted by Crippen LogP contribution is 2.19. The number of methoxy groups -OCH3 is 1. The molecule has 2 rings (SSSR count). The van der Waals surface area contributed by atoms with E-state index in [2.05, 4.69) is 11.8 Å². The molecule has 1 unspecified atom stereocenters. The van der Waals surface area contributed by atoms with Crippen LogP contribution in [0.15, 0.2) is 24.3 Å². The molecular weight excluding hydrogens is 226 g/mol. The van der Waals surface area contributed by atoms with E-state index in [0.29, 0.717) is 11.6 Å². The van der Waals surface area contributed by atoms with Crippen LogP contribution in [0.5, 0.6) is 0 Å². The van der Waals surface area contributed by atoms with Crippen molar-refractivity contribution in [2.75, 3.05) is 13.7 Å². The number of piperidine rings is 1. The standard InChI is InChI=1S/C15H21NO2/c1-12-5-3-4-10-16(12)11-13-6-8-14(9-7-13)15(17)18-2/h6-9,12H,3-5,10-11H2,1-2H3. The van der Waals surface area contributed by atoms with E-state index >= 15 is 0 Å². The summed E-state index contributed by atoms with van der Waals surface area (Å²) >= 11 is 0. The van der Waals surface area contributed by atoms with Gasteiger partial charge in [0.1, 0.15) is 0 Å². The SMILES string of the molecule is COC(=O)c1ccc(CN2CCCCC2C)cc1. The molecule has 0 saturated carbocycles. The Kier molecular flexibility index (Phi) is 4.37. The van der Waals surface area contributed by atoms with E-state index in [1.165, 1.54) is 38.5 Å². The predicted molar refractivity (Wildman–Crippen MR) is 71.5 cm³/mol. The van der Waals surface area contributed by atoms with E-state index in [9.17, 15) is 4.79 Å². The highest BCUT2D eigenvalue weighted by atomic mass is 16.5. The molecule has 0 radical (unpaired) electrons. The average Bonchev–Trinajstić information content (AvgIpc) is 2.41. The molecule has 3 heteroatoms. The second-order valence-electron chi connectivity index (χ2n) is 5.00. The summed E-state index contributed by atoms with van der Waals surface area (Å²) in [6.45, 7) is 4.45. The molecule has 0 aliphatic carbocycles. The van der Waals surface area contributed by atoms with E-state index in [0.717, 1.165) is 6.54 Å². The van der Waals surface area contributed by atoms with Crippen LogP contribution in [0.4, 0.5) is 0 Å². The van der Waals surface area contributed by atoms with Crippen molar-refractivity contribution >= 4 is 5.97 Å². The summed E-state index contributed by atoms with van der Waals surface area (Å²) < 4.78 is 4.69. The fourth-order valence-corrected chi connectivity index (χ4v) is 2.49. The minimum Gasteiger partial charge on any atom is -0.465 e. The minimum absolute atomic E-state index is 0.270. The van der Waals surface area contributed by atoms with Crippen LogP contribution in [0.2, 0.25) is 0 Å². The van der Waals surface area contributed by atoms with Gasteiger partial charge < -0.3 is 4.74 Å². The number of carbonyl (C=O) groups excluding carboxylic acids is 1. The lowest BCUT2D eigenvalue weighted by molar-refractivity contribution is 0.0600. The van der Waals surface area contributed by atoms with Crippen LogP contribution in [0, 0.1) is 0 Å². The van der Waals surface area contributed by atoms with Gasteiger partial charge in [0.25, 0.3) is 0 Å². The van der Waals surface area contributed by atoms with Crippen molar-refractivity contribution in [2.45, 2.75) is 38.8 Å². The molecule has 0 bridgehead atoms. The lowest BCUT2D eigenvalue weighted by Crippen LogP contribution is -2.36. The maximum atomic E-state index is 11.3. The second kappa shape index (κ2) is 6.01. The summed E-state index contributed by atoms with van der Waals surface area (Å²) in [6, 6.07) is 8.39. The average molecular weight is 247 g/mol. The number of hydrogen-bond acceptors (Lipinski definition) is 3. The Morgan fingerprint density at radius 1 is 1.33 bits per heavy atom. The molecule has 1 aromatic rings. The third kappa shape index (κ3) is 3.10. The van der Waals surface area contributed by atoms with Gasteiger partial charge in [-0.1, -0.05) is 18.6 Å². The van der Waals surface area contributed by atoms with Crippen molar-refractivity contribution < 1.29 is 9.53 Å². The summed E-state index contributed by atoms with van der Waals surface area (Å²) in [7, 11) is 1.41. The van der Waals surface area contributed by atoms with Gasteiger partial charge in [0, 0.05) is 12.6 Å². The van der Waals surface area contributed by atoms with E-state index in [4.69, 9.17) is 4.74 Å². The van der Waals surface area contributed by atoms with Crippen LogP contribution in [0.25, 0.3) is 0 Å². The summed E-state index contributed by atoms with van der Waals surface area (Å²) in [6.07, 6.45) is 3.93. The van der Waals surface area contributed by atoms with Gasteiger partial charge in [-0.15, -0.1) is 0 Å². The van der Waals surface area contributed by atoms with Crippen LogP contribution < -0.4 is 0 Å². The van der Waals surface area contributed by atoms with Gasteiger partial charge >= 0.3 is 5.97 Å². The van der Waals surface area contributed by atoms with Crippen molar-refractivity contribution in [3.05, 3.63) is 35.4 Å². The van der Waals surface area contributed by atoms with Crippen LogP contribution in [-0.2, 0) is 11.3 Å². The zero-order chi connectivity index (χ0) is 13.0. The molecule has 1 heterocycles. The zero-order valence-corrected chi connectivity index (χ0v) is 11.2. The van der Waals surface area contributed by atoms with E-state index in [1.807, 2.05) is 24.3 Å². The van der Waals surface area contributed by atoms with Crippen molar-refractivity contribution in [1.82, 2.24) is 4.90 Å². The van der Waals surface area contributed by atoms with Gasteiger partial charge in [-0.05, 0) is 44.0 Å². The molecule has 0 amide bonds. The molecule has 1 fully saturated rings. The topological polar surface area (TPSA) is 29.5 Å². The summed E-state index contributed by atoms with van der Waals surface area (Å²) in [4.78, 5) is 13.8. The summed E-state index contributed by atoms with van der Waals surface area (Å²) in [5.41, 5.74) is 1.88. The molecule has 3 nitrogen and oxygen atoms in total. The van der Waals surface area contributed by atoms with Gasteiger partial charge in [-0.25, -0.2) is 4.79 Å². The van der Waals surface area contributed by atoms with E-state index in [1.54, 1.807) is 0 Å². The maximum absolute atomic E-state index is 11.3. The molecular formula is C15H21NO2. The fourth-order valence-electron chi connectivity index (χ4n) is 2.49. The monoisotopic (exact) mass is 247 g/mol. The smallest absolute Gasteiger partial charge is 0.337 e. The summed E-state index contributed by atoms with van der Waals surface area (Å²) in [5, 5.41) is 0. The molecule has 1 aromatic carbocycles. The normalized spacial score (nSPS) is 20.7. The van der Waals surface area contributed by atoms with Gasteiger partial charge in [-0.3, -0.25) is 4.90 Å². The highest BCUT2D eigenvalue weighted by molar-refractivity contribution is 5.89. The van der Waals surface area contributed by atoms with Crippen molar-refractivity contribution in [3.63, 3.8) is 0 Å². The first-order valence-electron chi connectivity index (χ1n) is 6.62. The Bertz CT molecular complexity index is 399. The predicted octanol–water partition coefficient (Wildman–Crippen LogP) is 2.85. The number of likely N-dealkylation sites (tertiary alicyclic amines) is 1. The molecule has 1 saturated heterocycles. The Labute approximate surface area is 109 Å². The molecule has 1 aliphatic rings. The molecule has 1 aliphatic heterocycles. The Morgan fingerprint density at radius 2 is 2.06 bits per heavy atom. The highest BCUT2D eigenvalue weighted by Gasteiger charge is 2.18. The van der Waals surface area contributed by atoms with Crippen LogP contribution in [-0.4, -0.2) is 30.6 Å². The molecule has 98 valence electrons. The first-order valence-corrected chi connectivity index (χ1v) is 6.62.